The molecule has 1 aliphatic carbocycles. The lowest BCUT2D eigenvalue weighted by atomic mass is 9.69. The minimum Gasteiger partial charge on any atom is -0.478 e. The Hall–Kier alpha value is -3.57. The summed E-state index contributed by atoms with van der Waals surface area (Å²) in [5.74, 6) is 3.30. The lowest BCUT2D eigenvalue weighted by Crippen LogP contribution is -2.23. The third-order valence-electron chi connectivity index (χ3n) is 7.54. The SMILES string of the molecule is C#Cc1ccc(C[C@H]2CC[C@H](C(C(=C)CCc3ccccc3)c3ccc(C(=O)O)cc3)CC2)cc1. The number of carboxylic acid groups (broad SMARTS) is 1. The highest BCUT2D eigenvalue weighted by Crippen LogP contribution is 2.43. The Morgan fingerprint density at radius 3 is 2.17 bits per heavy atom. The number of allylic oxidation sites excluding steroid dienone is 1. The molecule has 0 bridgehead atoms. The van der Waals surface area contributed by atoms with Crippen LogP contribution in [0.4, 0.5) is 0 Å². The van der Waals surface area contributed by atoms with Gasteiger partial charge in [0.25, 0.3) is 0 Å². The Kier molecular flexibility index (Phi) is 8.22. The van der Waals surface area contributed by atoms with Gasteiger partial charge in [0, 0.05) is 11.5 Å². The number of aromatic carboxylic acids is 1. The van der Waals surface area contributed by atoms with E-state index < -0.39 is 5.97 Å². The van der Waals surface area contributed by atoms with E-state index >= 15 is 0 Å². The summed E-state index contributed by atoms with van der Waals surface area (Å²) in [7, 11) is 0. The highest BCUT2D eigenvalue weighted by atomic mass is 16.4. The van der Waals surface area contributed by atoms with Gasteiger partial charge in [-0.2, -0.15) is 0 Å². The van der Waals surface area contributed by atoms with Crippen molar-refractivity contribution in [3.8, 4) is 12.3 Å². The number of hydrogen-bond donors (Lipinski definition) is 1. The third kappa shape index (κ3) is 6.52. The van der Waals surface area contributed by atoms with E-state index in [1.807, 2.05) is 30.3 Å². The Balaban J connectivity index is 1.44. The molecule has 4 rings (SSSR count). The van der Waals surface area contributed by atoms with Crippen LogP contribution in [0.25, 0.3) is 0 Å². The molecule has 0 aliphatic heterocycles. The standard InChI is InChI=1S/C33H34O2/c1-3-25-11-13-27(14-12-25)23-28-15-17-29(18-16-28)32(30-19-21-31(22-20-30)33(34)35)24(2)9-10-26-7-5-4-6-8-26/h1,4-8,11-14,19-22,28-29,32H,2,9-10,15-18,23H2,(H,34,35)/t28-,29-,32?. The number of carboxylic acids is 1. The molecule has 3 aromatic carbocycles. The van der Waals surface area contributed by atoms with E-state index in [1.54, 1.807) is 12.1 Å². The first-order valence-electron chi connectivity index (χ1n) is 12.6. The fourth-order valence-corrected chi connectivity index (χ4v) is 5.58. The van der Waals surface area contributed by atoms with E-state index in [4.69, 9.17) is 6.42 Å². The highest BCUT2D eigenvalue weighted by Gasteiger charge is 2.30. The summed E-state index contributed by atoms with van der Waals surface area (Å²) in [6.45, 7) is 4.55. The molecular formula is C33H34O2. The van der Waals surface area contributed by atoms with Gasteiger partial charge < -0.3 is 5.11 Å². The van der Waals surface area contributed by atoms with E-state index in [1.165, 1.54) is 47.9 Å². The molecule has 178 valence electrons. The van der Waals surface area contributed by atoms with E-state index in [-0.39, 0.29) is 5.92 Å². The highest BCUT2D eigenvalue weighted by molar-refractivity contribution is 5.87. The van der Waals surface area contributed by atoms with E-state index in [0.29, 0.717) is 17.4 Å². The zero-order valence-electron chi connectivity index (χ0n) is 20.3. The number of benzene rings is 3. The zero-order chi connectivity index (χ0) is 24.6. The van der Waals surface area contributed by atoms with E-state index in [0.717, 1.165) is 24.8 Å². The topological polar surface area (TPSA) is 37.3 Å². The zero-order valence-corrected chi connectivity index (χ0v) is 20.3. The molecule has 1 fully saturated rings. The first-order valence-corrected chi connectivity index (χ1v) is 12.6. The summed E-state index contributed by atoms with van der Waals surface area (Å²) in [5.41, 5.74) is 6.41. The molecule has 0 radical (unpaired) electrons. The molecule has 0 spiro atoms. The Morgan fingerprint density at radius 2 is 1.57 bits per heavy atom. The van der Waals surface area contributed by atoms with Crippen LogP contribution < -0.4 is 0 Å². The average molecular weight is 463 g/mol. The summed E-state index contributed by atoms with van der Waals surface area (Å²) in [6.07, 6.45) is 13.3. The van der Waals surface area contributed by atoms with Crippen molar-refractivity contribution in [3.05, 3.63) is 119 Å². The second kappa shape index (κ2) is 11.7. The van der Waals surface area contributed by atoms with Gasteiger partial charge in [-0.15, -0.1) is 6.42 Å². The van der Waals surface area contributed by atoms with Gasteiger partial charge in [0.2, 0.25) is 0 Å². The number of hydrogen-bond acceptors (Lipinski definition) is 1. The molecule has 3 aromatic rings. The van der Waals surface area contributed by atoms with Gasteiger partial charge >= 0.3 is 5.97 Å². The molecule has 1 aliphatic rings. The Morgan fingerprint density at radius 1 is 0.914 bits per heavy atom. The van der Waals surface area contributed by atoms with Gasteiger partial charge in [0.05, 0.1) is 5.56 Å². The molecule has 2 nitrogen and oxygen atoms in total. The number of carbonyl (C=O) groups is 1. The molecule has 2 heteroatoms. The summed E-state index contributed by atoms with van der Waals surface area (Å²) in [5, 5.41) is 9.33. The van der Waals surface area contributed by atoms with Crippen LogP contribution in [0.15, 0.2) is 91.0 Å². The van der Waals surface area contributed by atoms with Crippen molar-refractivity contribution in [1.82, 2.24) is 0 Å². The van der Waals surface area contributed by atoms with Crippen molar-refractivity contribution in [1.29, 1.82) is 0 Å². The van der Waals surface area contributed by atoms with Crippen LogP contribution in [0, 0.1) is 24.2 Å². The third-order valence-corrected chi connectivity index (χ3v) is 7.54. The monoisotopic (exact) mass is 462 g/mol. The minimum absolute atomic E-state index is 0.261. The van der Waals surface area contributed by atoms with Crippen molar-refractivity contribution >= 4 is 5.97 Å². The van der Waals surface area contributed by atoms with Gasteiger partial charge in [-0.3, -0.25) is 0 Å². The number of rotatable bonds is 9. The molecule has 1 saturated carbocycles. The van der Waals surface area contributed by atoms with Crippen LogP contribution in [0.5, 0.6) is 0 Å². The van der Waals surface area contributed by atoms with Gasteiger partial charge in [-0.1, -0.05) is 72.7 Å². The number of terminal acetylenes is 1. The molecule has 1 N–H and O–H groups in total. The quantitative estimate of drug-likeness (QED) is 0.261. The number of aryl methyl sites for hydroxylation is 1. The summed E-state index contributed by atoms with van der Waals surface area (Å²) < 4.78 is 0. The van der Waals surface area contributed by atoms with E-state index in [2.05, 4.69) is 48.9 Å². The van der Waals surface area contributed by atoms with Crippen molar-refractivity contribution in [2.75, 3.05) is 0 Å². The predicted molar refractivity (Wildman–Crippen MR) is 144 cm³/mol. The molecule has 0 saturated heterocycles. The van der Waals surface area contributed by atoms with Crippen LogP contribution in [-0.4, -0.2) is 11.1 Å². The van der Waals surface area contributed by atoms with Crippen LogP contribution in [0.1, 0.15) is 70.6 Å². The van der Waals surface area contributed by atoms with E-state index in [9.17, 15) is 9.90 Å². The smallest absolute Gasteiger partial charge is 0.335 e. The Labute approximate surface area is 209 Å². The minimum atomic E-state index is -0.883. The van der Waals surface area contributed by atoms with Crippen molar-refractivity contribution in [2.24, 2.45) is 11.8 Å². The van der Waals surface area contributed by atoms with Crippen molar-refractivity contribution in [2.45, 2.75) is 50.9 Å². The predicted octanol–water partition coefficient (Wildman–Crippen LogP) is 7.69. The lowest BCUT2D eigenvalue weighted by molar-refractivity contribution is 0.0697. The summed E-state index contributed by atoms with van der Waals surface area (Å²) in [4.78, 5) is 11.4. The fourth-order valence-electron chi connectivity index (χ4n) is 5.58. The van der Waals surface area contributed by atoms with Crippen molar-refractivity contribution < 1.29 is 9.90 Å². The molecule has 0 amide bonds. The van der Waals surface area contributed by atoms with Crippen molar-refractivity contribution in [3.63, 3.8) is 0 Å². The van der Waals surface area contributed by atoms with Gasteiger partial charge in [-0.25, -0.2) is 4.79 Å². The second-order valence-electron chi connectivity index (χ2n) is 9.87. The molecular weight excluding hydrogens is 428 g/mol. The van der Waals surface area contributed by atoms with Crippen LogP contribution >= 0.6 is 0 Å². The maximum atomic E-state index is 11.4. The fraction of sp³-hybridized carbons (Fsp3) is 0.303. The van der Waals surface area contributed by atoms with Gasteiger partial charge in [0.1, 0.15) is 0 Å². The maximum Gasteiger partial charge on any atom is 0.335 e. The first-order chi connectivity index (χ1) is 17.0. The molecule has 0 aromatic heterocycles. The normalized spacial score (nSPS) is 18.4. The largest absolute Gasteiger partial charge is 0.478 e. The average Bonchev–Trinajstić information content (AvgIpc) is 2.90. The maximum absolute atomic E-state index is 11.4. The van der Waals surface area contributed by atoms with Gasteiger partial charge in [-0.05, 0) is 97.7 Å². The molecule has 0 heterocycles. The Bertz CT molecular complexity index is 1160. The lowest BCUT2D eigenvalue weighted by Gasteiger charge is -2.35. The summed E-state index contributed by atoms with van der Waals surface area (Å²) >= 11 is 0. The van der Waals surface area contributed by atoms with Crippen LogP contribution in [0.3, 0.4) is 0 Å². The molecule has 1 unspecified atom stereocenters. The van der Waals surface area contributed by atoms with Gasteiger partial charge in [0.15, 0.2) is 0 Å². The molecule has 35 heavy (non-hydrogen) atoms. The van der Waals surface area contributed by atoms with Crippen LogP contribution in [0.2, 0.25) is 0 Å². The second-order valence-corrected chi connectivity index (χ2v) is 9.87. The summed E-state index contributed by atoms with van der Waals surface area (Å²) in [6, 6.07) is 26.4. The first kappa shape index (κ1) is 24.6. The van der Waals surface area contributed by atoms with Crippen LogP contribution in [-0.2, 0) is 12.8 Å². The molecule has 1 atom stereocenters.